The van der Waals surface area contributed by atoms with Crippen molar-refractivity contribution >= 4 is 37.3 Å². The predicted molar refractivity (Wildman–Crippen MR) is 103 cm³/mol. The molecule has 0 bridgehead atoms. The molecule has 0 atom stereocenters. The van der Waals surface area contributed by atoms with Crippen LogP contribution in [-0.4, -0.2) is 47.4 Å². The number of nitrogens with one attached hydrogen (secondary N) is 1. The fourth-order valence-corrected chi connectivity index (χ4v) is 5.45. The summed E-state index contributed by atoms with van der Waals surface area (Å²) in [6, 6.07) is 7.07. The SMILES string of the molecule is O=S(=O)(Nc1ccc(S(=O)(=O)N2CCOCC2)cc1)c1ccc(Cl)c(C(F)(F)F)c1. The second kappa shape index (κ2) is 8.35. The molecule has 2 aromatic rings. The molecule has 0 radical (unpaired) electrons. The minimum Gasteiger partial charge on any atom is -0.379 e. The van der Waals surface area contributed by atoms with Gasteiger partial charge in [0, 0.05) is 18.8 Å². The van der Waals surface area contributed by atoms with E-state index >= 15 is 0 Å². The lowest BCUT2D eigenvalue weighted by atomic mass is 10.2. The Bertz CT molecular complexity index is 1130. The number of hydrogen-bond acceptors (Lipinski definition) is 5. The van der Waals surface area contributed by atoms with Gasteiger partial charge in [0.25, 0.3) is 10.0 Å². The first-order valence-corrected chi connectivity index (χ1v) is 11.8. The molecule has 0 unspecified atom stereocenters. The van der Waals surface area contributed by atoms with Crippen LogP contribution in [0.2, 0.25) is 5.02 Å². The van der Waals surface area contributed by atoms with Crippen molar-refractivity contribution in [2.45, 2.75) is 16.0 Å². The first-order chi connectivity index (χ1) is 13.9. The van der Waals surface area contributed by atoms with Gasteiger partial charge >= 0.3 is 6.18 Å². The first kappa shape index (κ1) is 22.8. The highest BCUT2D eigenvalue weighted by atomic mass is 35.5. The Balaban J connectivity index is 1.83. The van der Waals surface area contributed by atoms with Crippen molar-refractivity contribution in [3.63, 3.8) is 0 Å². The minimum absolute atomic E-state index is 0.0144. The summed E-state index contributed by atoms with van der Waals surface area (Å²) < 4.78 is 97.5. The Morgan fingerprint density at radius 3 is 2.07 bits per heavy atom. The third-order valence-electron chi connectivity index (χ3n) is 4.27. The zero-order chi connectivity index (χ0) is 22.2. The molecule has 164 valence electrons. The second-order valence-corrected chi connectivity index (χ2v) is 10.3. The van der Waals surface area contributed by atoms with Crippen molar-refractivity contribution in [2.75, 3.05) is 31.0 Å². The fraction of sp³-hybridized carbons (Fsp3) is 0.294. The third kappa shape index (κ3) is 4.89. The number of alkyl halides is 3. The Hall–Kier alpha value is -1.86. The van der Waals surface area contributed by atoms with Gasteiger partial charge in [-0.05, 0) is 42.5 Å². The highest BCUT2D eigenvalue weighted by molar-refractivity contribution is 7.92. The van der Waals surface area contributed by atoms with E-state index < -0.39 is 41.7 Å². The number of rotatable bonds is 5. The normalized spacial score (nSPS) is 16.4. The number of nitrogens with zero attached hydrogens (tertiary/aromatic N) is 1. The Kier molecular flexibility index (Phi) is 6.35. The Morgan fingerprint density at radius 2 is 1.50 bits per heavy atom. The van der Waals surface area contributed by atoms with Gasteiger partial charge in [-0.25, -0.2) is 16.8 Å². The van der Waals surface area contributed by atoms with Gasteiger partial charge in [-0.15, -0.1) is 0 Å². The number of hydrogen-bond donors (Lipinski definition) is 1. The van der Waals surface area contributed by atoms with E-state index in [0.29, 0.717) is 6.07 Å². The lowest BCUT2D eigenvalue weighted by molar-refractivity contribution is -0.137. The van der Waals surface area contributed by atoms with E-state index in [-0.39, 0.29) is 36.9 Å². The maximum absolute atomic E-state index is 13.0. The van der Waals surface area contributed by atoms with Crippen LogP contribution in [-0.2, 0) is 31.0 Å². The van der Waals surface area contributed by atoms with Gasteiger partial charge in [0.05, 0.1) is 33.6 Å². The maximum atomic E-state index is 13.0. The predicted octanol–water partition coefficient (Wildman–Crippen LogP) is 3.18. The van der Waals surface area contributed by atoms with E-state index in [1.54, 1.807) is 0 Å². The van der Waals surface area contributed by atoms with Crippen LogP contribution in [0.25, 0.3) is 0 Å². The quantitative estimate of drug-likeness (QED) is 0.703. The smallest absolute Gasteiger partial charge is 0.379 e. The van der Waals surface area contributed by atoms with Crippen LogP contribution in [0.5, 0.6) is 0 Å². The first-order valence-electron chi connectivity index (χ1n) is 8.49. The molecule has 3 rings (SSSR count). The van der Waals surface area contributed by atoms with Crippen LogP contribution in [0.1, 0.15) is 5.56 Å². The van der Waals surface area contributed by atoms with Gasteiger partial charge in [0.2, 0.25) is 10.0 Å². The molecule has 30 heavy (non-hydrogen) atoms. The van der Waals surface area contributed by atoms with Crippen molar-refractivity contribution in [1.29, 1.82) is 0 Å². The third-order valence-corrected chi connectivity index (χ3v) is 7.89. The Labute approximate surface area is 176 Å². The van der Waals surface area contributed by atoms with Crippen LogP contribution in [0.4, 0.5) is 18.9 Å². The summed E-state index contributed by atoms with van der Waals surface area (Å²) in [7, 11) is -8.13. The van der Waals surface area contributed by atoms with E-state index in [2.05, 4.69) is 4.72 Å². The van der Waals surface area contributed by atoms with Crippen LogP contribution in [0.3, 0.4) is 0 Å². The molecule has 1 N–H and O–H groups in total. The number of morpholine rings is 1. The van der Waals surface area contributed by atoms with Gasteiger partial charge in [0.1, 0.15) is 0 Å². The summed E-state index contributed by atoms with van der Waals surface area (Å²) in [6.45, 7) is 0.958. The van der Waals surface area contributed by atoms with E-state index in [9.17, 15) is 30.0 Å². The number of sulfonamides is 2. The molecule has 1 aliphatic heterocycles. The fourth-order valence-electron chi connectivity index (χ4n) is 2.73. The minimum atomic E-state index is -4.82. The van der Waals surface area contributed by atoms with Crippen molar-refractivity contribution in [3.05, 3.63) is 53.1 Å². The van der Waals surface area contributed by atoms with Crippen LogP contribution >= 0.6 is 11.6 Å². The number of benzene rings is 2. The summed E-state index contributed by atoms with van der Waals surface area (Å²) in [5.41, 5.74) is -1.29. The van der Waals surface area contributed by atoms with Crippen molar-refractivity contribution in [2.24, 2.45) is 0 Å². The number of ether oxygens (including phenoxy) is 1. The van der Waals surface area contributed by atoms with Gasteiger partial charge < -0.3 is 4.74 Å². The van der Waals surface area contributed by atoms with Gasteiger partial charge in [-0.2, -0.15) is 17.5 Å². The number of halogens is 4. The molecule has 2 aromatic carbocycles. The van der Waals surface area contributed by atoms with Gasteiger partial charge in [0.15, 0.2) is 0 Å². The molecule has 7 nitrogen and oxygen atoms in total. The van der Waals surface area contributed by atoms with Crippen LogP contribution in [0, 0.1) is 0 Å². The summed E-state index contributed by atoms with van der Waals surface area (Å²) in [5, 5.41) is -0.626. The number of anilines is 1. The van der Waals surface area contributed by atoms with Crippen molar-refractivity contribution in [1.82, 2.24) is 4.31 Å². The zero-order valence-corrected chi connectivity index (χ0v) is 17.6. The standard InChI is InChI=1S/C17H16ClF3N2O5S2/c18-16-6-5-14(11-15(16)17(19,20)21)29(24,25)22-12-1-3-13(4-2-12)30(26,27)23-7-9-28-10-8-23/h1-6,11,22H,7-10H2. The maximum Gasteiger partial charge on any atom is 0.417 e. The highest BCUT2D eigenvalue weighted by Crippen LogP contribution is 2.36. The largest absolute Gasteiger partial charge is 0.417 e. The second-order valence-electron chi connectivity index (χ2n) is 6.29. The molecule has 1 saturated heterocycles. The molecule has 0 amide bonds. The molecular formula is C17H16ClF3N2O5S2. The molecule has 0 spiro atoms. The van der Waals surface area contributed by atoms with E-state index in [1.165, 1.54) is 28.6 Å². The van der Waals surface area contributed by atoms with E-state index in [4.69, 9.17) is 16.3 Å². The monoisotopic (exact) mass is 484 g/mol. The lowest BCUT2D eigenvalue weighted by Crippen LogP contribution is -2.40. The van der Waals surface area contributed by atoms with E-state index in [1.807, 2.05) is 0 Å². The molecular weight excluding hydrogens is 469 g/mol. The van der Waals surface area contributed by atoms with E-state index in [0.717, 1.165) is 12.1 Å². The molecule has 0 aromatic heterocycles. The molecule has 13 heteroatoms. The topological polar surface area (TPSA) is 92.8 Å². The van der Waals surface area contributed by atoms with Gasteiger partial charge in [-0.3, -0.25) is 4.72 Å². The molecule has 1 heterocycles. The highest BCUT2D eigenvalue weighted by Gasteiger charge is 2.34. The summed E-state index contributed by atoms with van der Waals surface area (Å²) in [4.78, 5) is -0.678. The van der Waals surface area contributed by atoms with Crippen molar-refractivity contribution < 1.29 is 34.7 Å². The summed E-state index contributed by atoms with van der Waals surface area (Å²) in [5.74, 6) is 0. The molecule has 0 aliphatic carbocycles. The summed E-state index contributed by atoms with van der Waals surface area (Å²) in [6.07, 6.45) is -4.82. The molecule has 1 aliphatic rings. The van der Waals surface area contributed by atoms with Crippen LogP contribution in [0.15, 0.2) is 52.3 Å². The average Bonchev–Trinajstić information content (AvgIpc) is 2.68. The van der Waals surface area contributed by atoms with Gasteiger partial charge in [-0.1, -0.05) is 11.6 Å². The molecule has 0 saturated carbocycles. The lowest BCUT2D eigenvalue weighted by Gasteiger charge is -2.26. The van der Waals surface area contributed by atoms with Crippen molar-refractivity contribution in [3.8, 4) is 0 Å². The zero-order valence-electron chi connectivity index (χ0n) is 15.2. The summed E-state index contributed by atoms with van der Waals surface area (Å²) >= 11 is 5.51. The van der Waals surface area contributed by atoms with Crippen LogP contribution < -0.4 is 4.72 Å². The molecule has 1 fully saturated rings. The Morgan fingerprint density at radius 1 is 0.933 bits per heavy atom. The average molecular weight is 485 g/mol.